The highest BCUT2D eigenvalue weighted by molar-refractivity contribution is 5.76. The van der Waals surface area contributed by atoms with Gasteiger partial charge >= 0.3 is 17.3 Å². The molecule has 0 saturated heterocycles. The van der Waals surface area contributed by atoms with Gasteiger partial charge in [-0.2, -0.15) is 9.97 Å². The Morgan fingerprint density at radius 2 is 1.23 bits per heavy atom. The quantitative estimate of drug-likeness (QED) is 0.151. The van der Waals surface area contributed by atoms with Gasteiger partial charge in [0, 0.05) is 25.0 Å². The van der Waals surface area contributed by atoms with E-state index in [-0.39, 0.29) is 64.0 Å². The van der Waals surface area contributed by atoms with Crippen molar-refractivity contribution in [1.29, 1.82) is 0 Å². The van der Waals surface area contributed by atoms with Crippen LogP contribution < -0.4 is 27.1 Å². The van der Waals surface area contributed by atoms with Crippen LogP contribution in [0, 0.1) is 42.4 Å². The molecule has 12 heteroatoms. The van der Waals surface area contributed by atoms with E-state index in [4.69, 9.17) is 18.7 Å². The fourth-order valence-electron chi connectivity index (χ4n) is 5.28. The zero-order chi connectivity index (χ0) is 35.2. The Labute approximate surface area is 305 Å². The van der Waals surface area contributed by atoms with Crippen molar-refractivity contribution in [1.82, 2.24) is 19.9 Å². The van der Waals surface area contributed by atoms with Crippen LogP contribution in [0.15, 0.2) is 40.1 Å². The van der Waals surface area contributed by atoms with E-state index in [9.17, 15) is 19.2 Å². The highest BCUT2D eigenvalue weighted by Gasteiger charge is 2.22. The van der Waals surface area contributed by atoms with Gasteiger partial charge in [-0.3, -0.25) is 14.6 Å². The van der Waals surface area contributed by atoms with Gasteiger partial charge < -0.3 is 23.7 Å². The Bertz CT molecular complexity index is 2070. The number of aromatic amines is 2. The Kier molecular flexibility index (Phi) is 19.8. The number of fused-ring (bicyclic) bond motifs is 2. The minimum absolute atomic E-state index is 0. The lowest BCUT2D eigenvalue weighted by Crippen LogP contribution is -2.15. The van der Waals surface area contributed by atoms with Crippen LogP contribution in [0.1, 0.15) is 117 Å². The summed E-state index contributed by atoms with van der Waals surface area (Å²) in [5.41, 5.74) is 0.0800. The molecule has 2 saturated carbocycles. The number of aromatic nitrogens is 4. The van der Waals surface area contributed by atoms with Crippen LogP contribution in [-0.2, 0) is 12.8 Å². The third-order valence-corrected chi connectivity index (χ3v) is 7.96. The van der Waals surface area contributed by atoms with E-state index >= 15 is 0 Å². The van der Waals surface area contributed by atoms with Gasteiger partial charge in [0.1, 0.15) is 23.2 Å². The van der Waals surface area contributed by atoms with E-state index in [0.717, 1.165) is 55.9 Å². The maximum absolute atomic E-state index is 12.4. The van der Waals surface area contributed by atoms with Crippen molar-refractivity contribution < 1.29 is 18.7 Å². The summed E-state index contributed by atoms with van der Waals surface area (Å²) >= 11 is 0. The first-order chi connectivity index (χ1) is 23.7. The molecule has 0 bridgehead atoms. The molecule has 284 valence electrons. The van der Waals surface area contributed by atoms with Crippen LogP contribution in [0.5, 0.6) is 6.01 Å². The zero-order valence-corrected chi connectivity index (χ0v) is 28.4. The second-order valence-corrected chi connectivity index (χ2v) is 12.1. The monoisotopic (exact) mass is 720 g/mol. The molecule has 12 nitrogen and oxygen atoms in total. The molecule has 2 aliphatic carbocycles. The average molecular weight is 721 g/mol. The number of nitrogens with zero attached hydrogens (tertiary/aromatic N) is 2. The van der Waals surface area contributed by atoms with Gasteiger partial charge in [0.2, 0.25) is 11.4 Å². The van der Waals surface area contributed by atoms with Crippen LogP contribution in [0.3, 0.4) is 0 Å². The summed E-state index contributed by atoms with van der Waals surface area (Å²) in [4.78, 5) is 61.0. The number of hydrogen-bond acceptors (Lipinski definition) is 10. The summed E-state index contributed by atoms with van der Waals surface area (Å²) in [6.07, 6.45) is 12.4. The van der Waals surface area contributed by atoms with Gasteiger partial charge in [-0.25, -0.2) is 9.59 Å². The van der Waals surface area contributed by atoms with Crippen LogP contribution >= 0.6 is 0 Å². The molecule has 0 aliphatic heterocycles. The van der Waals surface area contributed by atoms with Crippen LogP contribution in [0.25, 0.3) is 22.2 Å². The number of H-pyrrole nitrogens is 2. The van der Waals surface area contributed by atoms with E-state index in [2.05, 4.69) is 43.6 Å². The summed E-state index contributed by atoms with van der Waals surface area (Å²) in [7, 11) is 0. The summed E-state index contributed by atoms with van der Waals surface area (Å²) in [5.74, 6) is 13.0. The van der Waals surface area contributed by atoms with E-state index in [1.807, 2.05) is 13.8 Å². The Balaban J connectivity index is 0.000000435. The lowest BCUT2D eigenvalue weighted by Gasteiger charge is -2.06. The summed E-state index contributed by atoms with van der Waals surface area (Å²) < 4.78 is 15.4. The Morgan fingerprint density at radius 3 is 1.69 bits per heavy atom. The third kappa shape index (κ3) is 14.4. The summed E-state index contributed by atoms with van der Waals surface area (Å²) in [6, 6.07) is 2.82. The van der Waals surface area contributed by atoms with Crippen molar-refractivity contribution in [2.45, 2.75) is 120 Å². The average Bonchev–Trinajstić information content (AvgIpc) is 3.99. The van der Waals surface area contributed by atoms with E-state index < -0.39 is 11.3 Å². The van der Waals surface area contributed by atoms with Crippen LogP contribution in [-0.4, -0.2) is 38.3 Å². The van der Waals surface area contributed by atoms with Crippen LogP contribution in [0.4, 0.5) is 0 Å². The van der Waals surface area contributed by atoms with Crippen molar-refractivity contribution in [3.8, 4) is 29.7 Å². The second kappa shape index (κ2) is 22.8. The minimum Gasteiger partial charge on any atom is -0.451 e. The number of rotatable bonds is 10. The molecule has 0 spiro atoms. The molecule has 4 heterocycles. The summed E-state index contributed by atoms with van der Waals surface area (Å²) in [5, 5.41) is 8.77. The number of nitrogens with one attached hydrogen (secondary N) is 2. The standard InChI is InChI=1S/C18H20N2O4.C14H16N2O3.C5H8O.3CH4/c1-2-3-4-10-23-18-19-16(22)15-13(7-5-6-12-8-9-12)11-14(21)24-17(15)20-18;1-8-15-13(18)12-10(4-2-3-9-5-6-9)7-11(17)19-14(12)16-8;1-2-3-4-5-6;;;/h11-12H,2,5-10H2,1H3,(H,19,20,22);7,9H,2-6H2,1H3,(H,15,16,18);6H,2,5H2,1H3;3*1H4. The predicted molar refractivity (Wildman–Crippen MR) is 207 cm³/mol. The number of aliphatic hydroxyl groups is 1. The van der Waals surface area contributed by atoms with E-state index in [1.165, 1.54) is 44.2 Å². The first-order valence-electron chi connectivity index (χ1n) is 17.0. The third-order valence-electron chi connectivity index (χ3n) is 7.96. The van der Waals surface area contributed by atoms with Crippen molar-refractivity contribution in [2.24, 2.45) is 11.8 Å². The largest absolute Gasteiger partial charge is 0.451 e. The van der Waals surface area contributed by atoms with Gasteiger partial charge in [-0.15, -0.1) is 11.8 Å². The smallest absolute Gasteiger partial charge is 0.337 e. The number of aryl methyl sites for hydroxylation is 3. The molecule has 0 radical (unpaired) electrons. The topological polar surface area (TPSA) is 181 Å². The first-order valence-corrected chi connectivity index (χ1v) is 17.0. The van der Waals surface area contributed by atoms with Gasteiger partial charge in [0.15, 0.2) is 6.61 Å². The molecule has 6 rings (SSSR count). The molecule has 2 fully saturated rings. The second-order valence-electron chi connectivity index (χ2n) is 12.1. The molecule has 4 aromatic rings. The number of ether oxygens (including phenoxy) is 1. The fourth-order valence-corrected chi connectivity index (χ4v) is 5.28. The van der Waals surface area contributed by atoms with E-state index in [0.29, 0.717) is 28.6 Å². The maximum Gasteiger partial charge on any atom is 0.337 e. The number of hydrogen-bond donors (Lipinski definition) is 3. The molecular formula is C40H56N4O8. The zero-order valence-electron chi connectivity index (χ0n) is 28.4. The summed E-state index contributed by atoms with van der Waals surface area (Å²) in [6.45, 7) is 5.66. The van der Waals surface area contributed by atoms with Gasteiger partial charge in [-0.05, 0) is 55.6 Å². The van der Waals surface area contributed by atoms with Crippen molar-refractivity contribution >= 4 is 22.2 Å². The van der Waals surface area contributed by atoms with Crippen molar-refractivity contribution in [3.63, 3.8) is 0 Å². The molecular weight excluding hydrogens is 664 g/mol. The maximum atomic E-state index is 12.4. The highest BCUT2D eigenvalue weighted by Crippen LogP contribution is 2.34. The van der Waals surface area contributed by atoms with Gasteiger partial charge in [0.05, 0.1) is 0 Å². The Hall–Kier alpha value is -4.94. The SMILES string of the molecule is C.C.C.CCC#CCO.CCC#CCOc1nc2oc(=O)cc(CCCC3CC3)c2c(=O)[nH]1.Cc1nc2oc(=O)cc(CCCC3CC3)c2c(=O)[nH]1. The normalized spacial score (nSPS) is 12.5. The minimum atomic E-state index is -0.501. The fraction of sp³-hybridized carbons (Fsp3) is 0.550. The number of aliphatic hydroxyl groups excluding tert-OH is 1. The molecule has 3 N–H and O–H groups in total. The van der Waals surface area contributed by atoms with Gasteiger partial charge in [-0.1, -0.05) is 86.5 Å². The molecule has 0 atom stereocenters. The van der Waals surface area contributed by atoms with Crippen molar-refractivity contribution in [3.05, 3.63) is 70.6 Å². The molecule has 0 unspecified atom stereocenters. The first kappa shape index (κ1) is 45.1. The lowest BCUT2D eigenvalue weighted by atomic mass is 10.1. The van der Waals surface area contributed by atoms with Crippen LogP contribution in [0.2, 0.25) is 0 Å². The van der Waals surface area contributed by atoms with Crippen molar-refractivity contribution in [2.75, 3.05) is 13.2 Å². The van der Waals surface area contributed by atoms with Gasteiger partial charge in [0.25, 0.3) is 11.1 Å². The highest BCUT2D eigenvalue weighted by atomic mass is 16.5. The van der Waals surface area contributed by atoms with E-state index in [1.54, 1.807) is 6.92 Å². The molecule has 0 amide bonds. The molecule has 0 aromatic carbocycles. The Morgan fingerprint density at radius 1 is 0.750 bits per heavy atom. The predicted octanol–water partition coefficient (Wildman–Crippen LogP) is 6.62. The molecule has 2 aliphatic rings. The molecule has 4 aromatic heterocycles. The lowest BCUT2D eigenvalue weighted by molar-refractivity contribution is 0.337. The molecule has 52 heavy (non-hydrogen) atoms.